The molecule has 1 aliphatic heterocycles. The topological polar surface area (TPSA) is 46.6 Å². The van der Waals surface area contributed by atoms with Crippen molar-refractivity contribution in [3.63, 3.8) is 0 Å². The Balaban J connectivity index is 1.88. The lowest BCUT2D eigenvalue weighted by Gasteiger charge is -2.28. The summed E-state index contributed by atoms with van der Waals surface area (Å²) in [6, 6.07) is 2.76. The van der Waals surface area contributed by atoms with Crippen LogP contribution in [0.1, 0.15) is 32.8 Å². The maximum absolute atomic E-state index is 13.5. The van der Waals surface area contributed by atoms with E-state index in [0.717, 1.165) is 12.4 Å². The van der Waals surface area contributed by atoms with Crippen LogP contribution in [0.15, 0.2) is 18.2 Å². The summed E-state index contributed by atoms with van der Waals surface area (Å²) >= 11 is 0. The molecule has 1 heterocycles. The number of likely N-dealkylation sites (tertiary alicyclic amines) is 1. The number of fused-ring (bicyclic) bond motifs is 1. The first-order chi connectivity index (χ1) is 10.7. The highest BCUT2D eigenvalue weighted by molar-refractivity contribution is 5.77. The molecule has 1 aliphatic carbocycles. The van der Waals surface area contributed by atoms with Gasteiger partial charge in [0.05, 0.1) is 6.04 Å². The van der Waals surface area contributed by atoms with Crippen LogP contribution in [0.3, 0.4) is 0 Å². The quantitative estimate of drug-likeness (QED) is 0.786. The Bertz CT molecular complexity index is 650. The highest BCUT2D eigenvalue weighted by atomic mass is 19.1. The molecule has 0 spiro atoms. The molecule has 0 N–H and O–H groups in total. The number of hydrogen-bond acceptors (Lipinski definition) is 3. The molecule has 1 aromatic carbocycles. The monoisotopic (exact) mass is 323 g/mol. The van der Waals surface area contributed by atoms with E-state index in [0.29, 0.717) is 12.0 Å². The van der Waals surface area contributed by atoms with Crippen molar-refractivity contribution >= 4 is 12.4 Å². The van der Waals surface area contributed by atoms with Crippen LogP contribution in [-0.2, 0) is 14.9 Å². The van der Waals surface area contributed by atoms with Crippen molar-refractivity contribution in [3.8, 4) is 0 Å². The van der Waals surface area contributed by atoms with Gasteiger partial charge in [-0.3, -0.25) is 4.90 Å². The molecule has 2 fully saturated rings. The van der Waals surface area contributed by atoms with Crippen molar-refractivity contribution in [2.24, 2.45) is 5.92 Å². The van der Waals surface area contributed by atoms with E-state index >= 15 is 0 Å². The Morgan fingerprint density at radius 2 is 1.91 bits per heavy atom. The molecule has 1 aromatic rings. The molecule has 4 nitrogen and oxygen atoms in total. The average Bonchev–Trinajstić information content (AvgIpc) is 3.03. The van der Waals surface area contributed by atoms with E-state index in [4.69, 9.17) is 4.74 Å². The molecular formula is C17H19F2NO3. The van der Waals surface area contributed by atoms with E-state index < -0.39 is 34.8 Å². The minimum absolute atomic E-state index is 0.117. The maximum atomic E-state index is 13.5. The molecular weight excluding hydrogens is 304 g/mol. The predicted octanol–water partition coefficient (Wildman–Crippen LogP) is 3.04. The highest BCUT2D eigenvalue weighted by Crippen LogP contribution is 2.61. The van der Waals surface area contributed by atoms with E-state index in [9.17, 15) is 18.4 Å². The van der Waals surface area contributed by atoms with Gasteiger partial charge in [-0.25, -0.2) is 13.6 Å². The predicted molar refractivity (Wildman–Crippen MR) is 78.9 cm³/mol. The summed E-state index contributed by atoms with van der Waals surface area (Å²) in [6.07, 6.45) is 0.787. The zero-order valence-electron chi connectivity index (χ0n) is 13.3. The smallest absolute Gasteiger partial charge is 0.410 e. The molecule has 3 atom stereocenters. The SMILES string of the molecule is CC(C)(C)OC(=O)N1C[C@]2(c3cc(F)cc(F)c3)C[C@H]2[C@@H]1C=O. The molecule has 3 rings (SSSR count). The molecule has 2 aliphatic rings. The number of carbonyl (C=O) groups excluding carboxylic acids is 2. The van der Waals surface area contributed by atoms with Crippen LogP contribution in [0.25, 0.3) is 0 Å². The van der Waals surface area contributed by atoms with Crippen molar-refractivity contribution in [2.75, 3.05) is 6.54 Å². The highest BCUT2D eigenvalue weighted by Gasteiger charge is 2.67. The fourth-order valence-corrected chi connectivity index (χ4v) is 3.53. The number of aldehydes is 1. The van der Waals surface area contributed by atoms with Crippen LogP contribution in [0.2, 0.25) is 0 Å². The summed E-state index contributed by atoms with van der Waals surface area (Å²) in [5, 5.41) is 0. The minimum Gasteiger partial charge on any atom is -0.444 e. The van der Waals surface area contributed by atoms with Crippen LogP contribution in [0.4, 0.5) is 13.6 Å². The first-order valence-electron chi connectivity index (χ1n) is 7.58. The Hall–Kier alpha value is -1.98. The van der Waals surface area contributed by atoms with Crippen LogP contribution in [0, 0.1) is 17.6 Å². The number of ether oxygens (including phenoxy) is 1. The van der Waals surface area contributed by atoms with Crippen molar-refractivity contribution in [1.29, 1.82) is 0 Å². The number of amides is 1. The molecule has 0 bridgehead atoms. The second-order valence-electron chi connectivity index (χ2n) is 7.36. The molecule has 1 saturated heterocycles. The van der Waals surface area contributed by atoms with E-state index in [2.05, 4.69) is 0 Å². The van der Waals surface area contributed by atoms with Gasteiger partial charge in [0.1, 0.15) is 23.5 Å². The molecule has 0 aromatic heterocycles. The third-order valence-corrected chi connectivity index (χ3v) is 4.56. The first kappa shape index (κ1) is 15.9. The van der Waals surface area contributed by atoms with Gasteiger partial charge >= 0.3 is 6.09 Å². The number of piperidine rings is 1. The van der Waals surface area contributed by atoms with Crippen molar-refractivity contribution in [3.05, 3.63) is 35.4 Å². The second kappa shape index (κ2) is 5.01. The molecule has 23 heavy (non-hydrogen) atoms. The van der Waals surface area contributed by atoms with Gasteiger partial charge in [0.25, 0.3) is 0 Å². The van der Waals surface area contributed by atoms with E-state index in [1.807, 2.05) is 0 Å². The Morgan fingerprint density at radius 1 is 1.30 bits per heavy atom. The average molecular weight is 323 g/mol. The molecule has 6 heteroatoms. The van der Waals surface area contributed by atoms with Crippen molar-refractivity contribution < 1.29 is 23.1 Å². The molecule has 124 valence electrons. The lowest BCUT2D eigenvalue weighted by molar-refractivity contribution is -0.112. The fraction of sp³-hybridized carbons (Fsp3) is 0.529. The van der Waals surface area contributed by atoms with E-state index in [1.165, 1.54) is 17.0 Å². The lowest BCUT2D eigenvalue weighted by Crippen LogP contribution is -2.43. The summed E-state index contributed by atoms with van der Waals surface area (Å²) in [6.45, 7) is 5.47. The van der Waals surface area contributed by atoms with Gasteiger partial charge in [-0.1, -0.05) is 0 Å². The van der Waals surface area contributed by atoms with Gasteiger partial charge in [0, 0.05) is 18.0 Å². The van der Waals surface area contributed by atoms with Gasteiger partial charge in [0.15, 0.2) is 0 Å². The van der Waals surface area contributed by atoms with E-state index in [-0.39, 0.29) is 12.5 Å². The van der Waals surface area contributed by atoms with Crippen LogP contribution in [0.5, 0.6) is 0 Å². The van der Waals surface area contributed by atoms with Crippen LogP contribution in [-0.4, -0.2) is 35.5 Å². The number of benzene rings is 1. The first-order valence-corrected chi connectivity index (χ1v) is 7.58. The molecule has 0 radical (unpaired) electrons. The van der Waals surface area contributed by atoms with Crippen LogP contribution >= 0.6 is 0 Å². The van der Waals surface area contributed by atoms with Crippen molar-refractivity contribution in [1.82, 2.24) is 4.90 Å². The Kier molecular flexibility index (Phi) is 3.46. The minimum atomic E-state index is -0.671. The Morgan fingerprint density at radius 3 is 2.43 bits per heavy atom. The van der Waals surface area contributed by atoms with Crippen molar-refractivity contribution in [2.45, 2.75) is 44.2 Å². The molecule has 1 saturated carbocycles. The van der Waals surface area contributed by atoms with Gasteiger partial charge in [-0.2, -0.15) is 0 Å². The van der Waals surface area contributed by atoms with Gasteiger partial charge < -0.3 is 9.53 Å². The van der Waals surface area contributed by atoms with Gasteiger partial charge in [-0.05, 0) is 50.8 Å². The lowest BCUT2D eigenvalue weighted by atomic mass is 9.94. The van der Waals surface area contributed by atoms with Gasteiger partial charge in [-0.15, -0.1) is 0 Å². The fourth-order valence-electron chi connectivity index (χ4n) is 3.53. The summed E-state index contributed by atoms with van der Waals surface area (Å²) < 4.78 is 32.4. The number of nitrogens with zero attached hydrogens (tertiary/aromatic N) is 1. The largest absolute Gasteiger partial charge is 0.444 e. The third-order valence-electron chi connectivity index (χ3n) is 4.56. The summed E-state index contributed by atoms with van der Waals surface area (Å²) in [4.78, 5) is 25.1. The van der Waals surface area contributed by atoms with E-state index in [1.54, 1.807) is 20.8 Å². The number of rotatable bonds is 2. The number of hydrogen-bond donors (Lipinski definition) is 0. The molecule has 0 unspecified atom stereocenters. The second-order valence-corrected chi connectivity index (χ2v) is 7.36. The van der Waals surface area contributed by atoms with Crippen LogP contribution < -0.4 is 0 Å². The zero-order chi connectivity index (χ0) is 17.0. The van der Waals surface area contributed by atoms with Gasteiger partial charge in [0.2, 0.25) is 0 Å². The maximum Gasteiger partial charge on any atom is 0.410 e. The third kappa shape index (κ3) is 2.71. The Labute approximate surface area is 133 Å². The zero-order valence-corrected chi connectivity index (χ0v) is 13.3. The number of carbonyl (C=O) groups is 2. The standard InChI is InChI=1S/C17H19F2NO3/c1-16(2,3)23-15(22)20-9-17(7-13(17)14(20)8-21)10-4-11(18)6-12(19)5-10/h4-6,8,13-14H,7,9H2,1-3H3/t13-,14-,17-/m0/s1. The summed E-state index contributed by atoms with van der Waals surface area (Å²) in [5.74, 6) is -1.43. The summed E-state index contributed by atoms with van der Waals surface area (Å²) in [5.41, 5.74) is -0.723. The summed E-state index contributed by atoms with van der Waals surface area (Å²) in [7, 11) is 0. The molecule has 1 amide bonds. The number of halogens is 2. The normalized spacial score (nSPS) is 29.2.